The van der Waals surface area contributed by atoms with Crippen LogP contribution in [-0.4, -0.2) is 56.1 Å². The van der Waals surface area contributed by atoms with Crippen LogP contribution < -0.4 is 5.32 Å². The number of thioether (sulfide) groups is 1. The van der Waals surface area contributed by atoms with Crippen molar-refractivity contribution in [3.8, 4) is 0 Å². The van der Waals surface area contributed by atoms with Crippen molar-refractivity contribution in [2.24, 2.45) is 5.92 Å². The number of nitro benzene ring substituents is 1. The van der Waals surface area contributed by atoms with Gasteiger partial charge in [0.1, 0.15) is 6.04 Å². The second-order valence-electron chi connectivity index (χ2n) is 9.86. The monoisotopic (exact) mass is 529 g/mol. The molecule has 3 aliphatic rings. The van der Waals surface area contributed by atoms with Gasteiger partial charge < -0.3 is 15.3 Å². The van der Waals surface area contributed by atoms with Crippen LogP contribution in [0.2, 0.25) is 0 Å². The quantitative estimate of drug-likeness (QED) is 0.304. The molecule has 8 nitrogen and oxygen atoms in total. The lowest BCUT2D eigenvalue weighted by atomic mass is 9.79. The number of carboxylic acid groups (broad SMARTS) is 1. The smallest absolute Gasteiger partial charge is 0.326 e. The summed E-state index contributed by atoms with van der Waals surface area (Å²) >= 11 is 8.36. The molecule has 1 aliphatic carbocycles. The zero-order chi connectivity index (χ0) is 25.6. The molecule has 2 aromatic rings. The van der Waals surface area contributed by atoms with E-state index in [2.05, 4.69) is 12.2 Å². The predicted molar refractivity (Wildman–Crippen MR) is 139 cm³/mol. The number of hydrogen-bond acceptors (Lipinski definition) is 6. The summed E-state index contributed by atoms with van der Waals surface area (Å²) in [4.78, 5) is 39.1. The Bertz CT molecular complexity index is 1210. The second kappa shape index (κ2) is 9.94. The molecule has 2 heterocycles. The third-order valence-electron chi connectivity index (χ3n) is 7.73. The number of amides is 1. The van der Waals surface area contributed by atoms with Crippen molar-refractivity contribution < 1.29 is 19.6 Å². The summed E-state index contributed by atoms with van der Waals surface area (Å²) < 4.78 is 0. The first-order chi connectivity index (χ1) is 17.3. The lowest BCUT2D eigenvalue weighted by Crippen LogP contribution is -2.43. The Hall–Kier alpha value is -2.78. The van der Waals surface area contributed by atoms with Crippen molar-refractivity contribution in [2.45, 2.75) is 66.1 Å². The molecule has 1 saturated carbocycles. The number of alkyl halides is 1. The molecule has 2 aliphatic heterocycles. The summed E-state index contributed by atoms with van der Waals surface area (Å²) in [6.45, 7) is 2.80. The van der Waals surface area contributed by atoms with Gasteiger partial charge in [-0.15, -0.1) is 23.4 Å². The van der Waals surface area contributed by atoms with Crippen LogP contribution in [0.25, 0.3) is 0 Å². The summed E-state index contributed by atoms with van der Waals surface area (Å²) in [6.07, 6.45) is 3.57. The molecule has 2 fully saturated rings. The maximum absolute atomic E-state index is 13.4. The summed E-state index contributed by atoms with van der Waals surface area (Å²) in [7, 11) is 0. The van der Waals surface area contributed by atoms with Gasteiger partial charge in [-0.2, -0.15) is 0 Å². The Kier molecular flexibility index (Phi) is 6.87. The van der Waals surface area contributed by atoms with E-state index in [-0.39, 0.29) is 34.7 Å². The van der Waals surface area contributed by atoms with Gasteiger partial charge in [0.05, 0.1) is 15.2 Å². The Balaban J connectivity index is 1.48. The van der Waals surface area contributed by atoms with Gasteiger partial charge >= 0.3 is 5.97 Å². The van der Waals surface area contributed by atoms with Crippen molar-refractivity contribution in [2.75, 3.05) is 11.9 Å². The fraction of sp³-hybridized carbons (Fsp3) is 0.462. The maximum atomic E-state index is 13.4. The predicted octanol–water partition coefficient (Wildman–Crippen LogP) is 5.36. The highest BCUT2D eigenvalue weighted by Gasteiger charge is 2.52. The third kappa shape index (κ3) is 4.43. The number of carbonyl (C=O) groups is 2. The molecular weight excluding hydrogens is 502 g/mol. The third-order valence-corrected chi connectivity index (χ3v) is 9.84. The summed E-state index contributed by atoms with van der Waals surface area (Å²) in [5.41, 5.74) is 2.11. The summed E-state index contributed by atoms with van der Waals surface area (Å²) in [5.74, 6) is -1.58. The number of rotatable bonds is 5. The number of nitro groups is 1. The van der Waals surface area contributed by atoms with Gasteiger partial charge in [-0.3, -0.25) is 14.9 Å². The van der Waals surface area contributed by atoms with E-state index in [1.807, 2.05) is 11.0 Å². The van der Waals surface area contributed by atoms with Gasteiger partial charge in [-0.05, 0) is 68.4 Å². The molecule has 2 N–H and O–H groups in total. The number of piperidine rings is 1. The minimum atomic E-state index is -0.960. The number of carbonyl (C=O) groups excluding carboxylic acids is 1. The van der Waals surface area contributed by atoms with E-state index in [0.717, 1.165) is 31.4 Å². The first kappa shape index (κ1) is 24.9. The molecule has 0 spiro atoms. The number of carboxylic acids is 1. The van der Waals surface area contributed by atoms with E-state index in [9.17, 15) is 24.8 Å². The number of fused-ring (bicyclic) bond motifs is 3. The summed E-state index contributed by atoms with van der Waals surface area (Å²) in [5, 5.41) is 24.0. The highest BCUT2D eigenvalue weighted by atomic mass is 35.5. The Morgan fingerprint density at radius 3 is 2.72 bits per heavy atom. The number of anilines is 1. The Morgan fingerprint density at radius 2 is 2.00 bits per heavy atom. The van der Waals surface area contributed by atoms with Crippen molar-refractivity contribution in [3.05, 3.63) is 63.7 Å². The molecule has 10 heteroatoms. The highest BCUT2D eigenvalue weighted by Crippen LogP contribution is 2.55. The van der Waals surface area contributed by atoms with Crippen molar-refractivity contribution in [1.82, 2.24) is 4.90 Å². The standard InChI is InChI=1S/C26H28ClN3O5S/c1-14-6-4-5-11-29(14)25(31)15-9-10-18-16(12-15)22-17(24(28-18)26(32)33)13-21(23(22)27)36-20-8-3-2-7-19(20)30(34)35/h2-3,7-10,12,14,17,21-24,28H,4-6,11,13H2,1H3,(H,32,33)/t14-,17-,21+,22+,23+,24-/m1/s1. The number of halogens is 1. The van der Waals surface area contributed by atoms with Gasteiger partial charge in [0.2, 0.25) is 0 Å². The van der Waals surface area contributed by atoms with Crippen LogP contribution in [-0.2, 0) is 4.79 Å². The zero-order valence-electron chi connectivity index (χ0n) is 19.8. The van der Waals surface area contributed by atoms with E-state index in [0.29, 0.717) is 22.6 Å². The van der Waals surface area contributed by atoms with E-state index < -0.39 is 22.3 Å². The number of nitrogens with one attached hydrogen (secondary N) is 1. The van der Waals surface area contributed by atoms with Crippen molar-refractivity contribution in [1.29, 1.82) is 0 Å². The van der Waals surface area contributed by atoms with Crippen LogP contribution in [0.5, 0.6) is 0 Å². The molecule has 0 radical (unpaired) electrons. The van der Waals surface area contributed by atoms with Crippen LogP contribution >= 0.6 is 23.4 Å². The molecule has 190 valence electrons. The normalized spacial score (nSPS) is 29.1. The van der Waals surface area contributed by atoms with E-state index in [1.165, 1.54) is 17.8 Å². The van der Waals surface area contributed by atoms with Crippen LogP contribution in [0, 0.1) is 16.0 Å². The van der Waals surface area contributed by atoms with Crippen molar-refractivity contribution in [3.63, 3.8) is 0 Å². The highest BCUT2D eigenvalue weighted by molar-refractivity contribution is 8.00. The van der Waals surface area contributed by atoms with Gasteiger partial charge in [0.25, 0.3) is 11.6 Å². The number of para-hydroxylation sites is 1. The second-order valence-corrected chi connectivity index (χ2v) is 11.6. The van der Waals surface area contributed by atoms with Crippen LogP contribution in [0.4, 0.5) is 11.4 Å². The average Bonchev–Trinajstić information content (AvgIpc) is 3.19. The zero-order valence-corrected chi connectivity index (χ0v) is 21.4. The van der Waals surface area contributed by atoms with Gasteiger partial charge in [0, 0.05) is 41.1 Å². The van der Waals surface area contributed by atoms with E-state index >= 15 is 0 Å². The molecule has 1 saturated heterocycles. The molecule has 0 unspecified atom stereocenters. The van der Waals surface area contributed by atoms with Crippen LogP contribution in [0.1, 0.15) is 54.4 Å². The SMILES string of the molecule is C[C@@H]1CCCCN1C(=O)c1ccc2c(c1)[C@@H]1[C@@H](Cl)[C@@H](Sc3ccccc3[N+](=O)[O-])C[C@H]1[C@H](C(=O)O)N2. The fourth-order valence-corrected chi connectivity index (χ4v) is 7.87. The molecular formula is C26H28ClN3O5S. The minimum Gasteiger partial charge on any atom is -0.480 e. The fourth-order valence-electron chi connectivity index (χ4n) is 5.93. The number of nitrogens with zero attached hydrogens (tertiary/aromatic N) is 2. The molecule has 6 atom stereocenters. The average molecular weight is 530 g/mol. The number of likely N-dealkylation sites (tertiary alicyclic amines) is 1. The lowest BCUT2D eigenvalue weighted by molar-refractivity contribution is -0.387. The number of hydrogen-bond donors (Lipinski definition) is 2. The van der Waals surface area contributed by atoms with E-state index in [1.54, 1.807) is 30.3 Å². The topological polar surface area (TPSA) is 113 Å². The molecule has 0 aromatic heterocycles. The van der Waals surface area contributed by atoms with Crippen LogP contribution in [0.3, 0.4) is 0 Å². The largest absolute Gasteiger partial charge is 0.480 e. The number of aliphatic carboxylic acids is 1. The molecule has 36 heavy (non-hydrogen) atoms. The lowest BCUT2D eigenvalue weighted by Gasteiger charge is -2.37. The minimum absolute atomic E-state index is 0.0121. The molecule has 2 aromatic carbocycles. The first-order valence-corrected chi connectivity index (χ1v) is 13.6. The summed E-state index contributed by atoms with van der Waals surface area (Å²) in [6, 6.07) is 11.3. The number of benzene rings is 2. The van der Waals surface area contributed by atoms with Crippen LogP contribution in [0.15, 0.2) is 47.4 Å². The van der Waals surface area contributed by atoms with Gasteiger partial charge in [0.15, 0.2) is 0 Å². The van der Waals surface area contributed by atoms with E-state index in [4.69, 9.17) is 11.6 Å². The Morgan fingerprint density at radius 1 is 1.22 bits per heavy atom. The maximum Gasteiger partial charge on any atom is 0.326 e. The Labute approximate surface area is 218 Å². The van der Waals surface area contributed by atoms with Gasteiger partial charge in [-0.25, -0.2) is 4.79 Å². The molecule has 1 amide bonds. The van der Waals surface area contributed by atoms with Crippen molar-refractivity contribution >= 4 is 46.6 Å². The van der Waals surface area contributed by atoms with Gasteiger partial charge in [-0.1, -0.05) is 12.1 Å². The molecule has 5 rings (SSSR count). The molecule has 0 bridgehead atoms. The first-order valence-electron chi connectivity index (χ1n) is 12.2.